The molecule has 0 spiro atoms. The van der Waals surface area contributed by atoms with Crippen LogP contribution in [-0.4, -0.2) is 20.7 Å². The zero-order valence-electron chi connectivity index (χ0n) is 9.37. The number of nitrogens with zero attached hydrogens (tertiary/aromatic N) is 2. The molecule has 86 valence electrons. The molecular formula is C13H12N2O2. The Morgan fingerprint density at radius 1 is 1.47 bits per heavy atom. The Kier molecular flexibility index (Phi) is 3.05. The quantitative estimate of drug-likeness (QED) is 0.646. The third kappa shape index (κ3) is 2.81. The number of aromatic hydroxyl groups is 1. The molecule has 0 fully saturated rings. The Morgan fingerprint density at radius 2 is 2.29 bits per heavy atom. The predicted octanol–water partition coefficient (Wildman–Crippen LogP) is 2.02. The molecule has 0 atom stereocenters. The molecular weight excluding hydrogens is 216 g/mol. The summed E-state index contributed by atoms with van der Waals surface area (Å²) in [6.07, 6.45) is 6.64. The van der Waals surface area contributed by atoms with Crippen LogP contribution >= 0.6 is 0 Å². The molecule has 1 N–H and O–H groups in total. The number of carbonyl (C=O) groups excluding carboxylic acids is 1. The monoisotopic (exact) mass is 228 g/mol. The van der Waals surface area contributed by atoms with Crippen molar-refractivity contribution in [2.24, 2.45) is 7.05 Å². The van der Waals surface area contributed by atoms with Crippen LogP contribution in [0, 0.1) is 0 Å². The van der Waals surface area contributed by atoms with Crippen molar-refractivity contribution in [2.45, 2.75) is 0 Å². The van der Waals surface area contributed by atoms with Crippen LogP contribution in [0.4, 0.5) is 0 Å². The van der Waals surface area contributed by atoms with Gasteiger partial charge in [-0.1, -0.05) is 12.1 Å². The Balaban J connectivity index is 2.14. The van der Waals surface area contributed by atoms with Gasteiger partial charge in [0, 0.05) is 24.4 Å². The fraction of sp³-hybridized carbons (Fsp3) is 0.0769. The van der Waals surface area contributed by atoms with Gasteiger partial charge in [0.1, 0.15) is 5.75 Å². The minimum Gasteiger partial charge on any atom is -0.508 e. The van der Waals surface area contributed by atoms with E-state index in [0.717, 1.165) is 5.56 Å². The predicted molar refractivity (Wildman–Crippen MR) is 64.7 cm³/mol. The van der Waals surface area contributed by atoms with E-state index in [1.807, 2.05) is 13.2 Å². The summed E-state index contributed by atoms with van der Waals surface area (Å²) in [5.74, 6) is -0.0598. The topological polar surface area (TPSA) is 55.1 Å². The number of phenols is 1. The third-order valence-corrected chi connectivity index (χ3v) is 2.28. The molecule has 1 heterocycles. The maximum absolute atomic E-state index is 11.8. The summed E-state index contributed by atoms with van der Waals surface area (Å²) >= 11 is 0. The number of ketones is 1. The van der Waals surface area contributed by atoms with Crippen LogP contribution in [-0.2, 0) is 7.05 Å². The van der Waals surface area contributed by atoms with Crippen molar-refractivity contribution in [1.29, 1.82) is 0 Å². The van der Waals surface area contributed by atoms with Crippen molar-refractivity contribution in [3.8, 4) is 5.75 Å². The van der Waals surface area contributed by atoms with Crippen LogP contribution in [0.25, 0.3) is 6.08 Å². The summed E-state index contributed by atoms with van der Waals surface area (Å²) in [5, 5.41) is 13.3. The molecule has 2 aromatic rings. The zero-order valence-corrected chi connectivity index (χ0v) is 9.37. The van der Waals surface area contributed by atoms with Gasteiger partial charge in [0.05, 0.1) is 6.20 Å². The zero-order chi connectivity index (χ0) is 12.3. The van der Waals surface area contributed by atoms with E-state index < -0.39 is 0 Å². The molecule has 0 unspecified atom stereocenters. The van der Waals surface area contributed by atoms with E-state index in [1.165, 1.54) is 18.2 Å². The average molecular weight is 228 g/mol. The molecule has 1 aromatic carbocycles. The SMILES string of the molecule is Cn1cc(/C=C\C(=O)c2cccc(O)c2)cn1. The molecule has 0 saturated heterocycles. The average Bonchev–Trinajstić information content (AvgIpc) is 2.72. The second-order valence-corrected chi connectivity index (χ2v) is 3.70. The first-order chi connectivity index (χ1) is 8.15. The van der Waals surface area contributed by atoms with Gasteiger partial charge < -0.3 is 5.11 Å². The number of allylic oxidation sites excluding steroid dienone is 1. The first kappa shape index (κ1) is 11.1. The number of benzene rings is 1. The van der Waals surface area contributed by atoms with Gasteiger partial charge in [0.15, 0.2) is 5.78 Å². The van der Waals surface area contributed by atoms with Gasteiger partial charge in [-0.05, 0) is 24.3 Å². The minimum absolute atomic E-state index is 0.0885. The van der Waals surface area contributed by atoms with E-state index in [9.17, 15) is 9.90 Å². The van der Waals surface area contributed by atoms with Gasteiger partial charge in [-0.2, -0.15) is 5.10 Å². The fourth-order valence-corrected chi connectivity index (χ4v) is 1.45. The van der Waals surface area contributed by atoms with E-state index in [0.29, 0.717) is 5.56 Å². The molecule has 4 nitrogen and oxygen atoms in total. The molecule has 0 radical (unpaired) electrons. The van der Waals surface area contributed by atoms with Crippen molar-refractivity contribution in [2.75, 3.05) is 0 Å². The van der Waals surface area contributed by atoms with Gasteiger partial charge in [-0.25, -0.2) is 0 Å². The summed E-state index contributed by atoms with van der Waals surface area (Å²) < 4.78 is 1.67. The number of hydrogen-bond donors (Lipinski definition) is 1. The highest BCUT2D eigenvalue weighted by Crippen LogP contribution is 2.12. The highest BCUT2D eigenvalue weighted by atomic mass is 16.3. The Morgan fingerprint density at radius 3 is 2.94 bits per heavy atom. The number of aryl methyl sites for hydroxylation is 1. The molecule has 4 heteroatoms. The highest BCUT2D eigenvalue weighted by Gasteiger charge is 2.02. The molecule has 1 aromatic heterocycles. The van der Waals surface area contributed by atoms with Crippen LogP contribution in [0.1, 0.15) is 15.9 Å². The number of rotatable bonds is 3. The summed E-state index contributed by atoms with van der Waals surface area (Å²) in [7, 11) is 1.81. The van der Waals surface area contributed by atoms with Crippen molar-refractivity contribution >= 4 is 11.9 Å². The summed E-state index contributed by atoms with van der Waals surface area (Å²) in [4.78, 5) is 11.8. The Hall–Kier alpha value is -2.36. The number of aromatic nitrogens is 2. The summed E-state index contributed by atoms with van der Waals surface area (Å²) in [6, 6.07) is 6.27. The smallest absolute Gasteiger partial charge is 0.185 e. The van der Waals surface area contributed by atoms with E-state index >= 15 is 0 Å². The van der Waals surface area contributed by atoms with Crippen molar-refractivity contribution in [3.05, 3.63) is 53.9 Å². The Labute approximate surface area is 98.8 Å². The maximum Gasteiger partial charge on any atom is 0.185 e. The lowest BCUT2D eigenvalue weighted by Crippen LogP contribution is -1.92. The lowest BCUT2D eigenvalue weighted by atomic mass is 10.1. The lowest BCUT2D eigenvalue weighted by Gasteiger charge is -1.96. The maximum atomic E-state index is 11.8. The fourth-order valence-electron chi connectivity index (χ4n) is 1.45. The summed E-state index contributed by atoms with van der Waals surface area (Å²) in [5.41, 5.74) is 1.33. The minimum atomic E-state index is -0.148. The van der Waals surface area contributed by atoms with Crippen molar-refractivity contribution in [3.63, 3.8) is 0 Å². The molecule has 0 aliphatic carbocycles. The normalized spacial score (nSPS) is 10.9. The second-order valence-electron chi connectivity index (χ2n) is 3.70. The molecule has 0 amide bonds. The largest absolute Gasteiger partial charge is 0.508 e. The van der Waals surface area contributed by atoms with E-state index in [2.05, 4.69) is 5.10 Å². The molecule has 2 rings (SSSR count). The van der Waals surface area contributed by atoms with E-state index in [1.54, 1.807) is 29.1 Å². The standard InChI is InChI=1S/C13H12N2O2/c1-15-9-10(8-14-15)5-6-13(17)11-3-2-4-12(16)7-11/h2-9,16H,1H3/b6-5-. The molecule has 0 bridgehead atoms. The number of carbonyl (C=O) groups is 1. The first-order valence-corrected chi connectivity index (χ1v) is 5.15. The van der Waals surface area contributed by atoms with Gasteiger partial charge in [0.2, 0.25) is 0 Å². The van der Waals surface area contributed by atoms with Gasteiger partial charge >= 0.3 is 0 Å². The van der Waals surface area contributed by atoms with Crippen molar-refractivity contribution < 1.29 is 9.90 Å². The Bertz CT molecular complexity index is 570. The molecule has 0 aliphatic heterocycles. The number of phenolic OH excluding ortho intramolecular Hbond substituents is 1. The molecule has 0 aliphatic rings. The van der Waals surface area contributed by atoms with E-state index in [-0.39, 0.29) is 11.5 Å². The van der Waals surface area contributed by atoms with Crippen LogP contribution in [0.15, 0.2) is 42.7 Å². The summed E-state index contributed by atoms with van der Waals surface area (Å²) in [6.45, 7) is 0. The lowest BCUT2D eigenvalue weighted by molar-refractivity contribution is 0.104. The van der Waals surface area contributed by atoms with E-state index in [4.69, 9.17) is 0 Å². The van der Waals surface area contributed by atoms with Crippen LogP contribution in [0.5, 0.6) is 5.75 Å². The third-order valence-electron chi connectivity index (χ3n) is 2.28. The van der Waals surface area contributed by atoms with Crippen LogP contribution in [0.2, 0.25) is 0 Å². The highest BCUT2D eigenvalue weighted by molar-refractivity contribution is 6.06. The van der Waals surface area contributed by atoms with Crippen LogP contribution < -0.4 is 0 Å². The molecule has 0 saturated carbocycles. The van der Waals surface area contributed by atoms with Gasteiger partial charge in [0.25, 0.3) is 0 Å². The first-order valence-electron chi connectivity index (χ1n) is 5.15. The second kappa shape index (κ2) is 4.65. The molecule has 17 heavy (non-hydrogen) atoms. The van der Waals surface area contributed by atoms with Gasteiger partial charge in [-0.15, -0.1) is 0 Å². The number of hydrogen-bond acceptors (Lipinski definition) is 3. The van der Waals surface area contributed by atoms with Gasteiger partial charge in [-0.3, -0.25) is 9.48 Å². The van der Waals surface area contributed by atoms with Crippen LogP contribution in [0.3, 0.4) is 0 Å². The van der Waals surface area contributed by atoms with Crippen molar-refractivity contribution in [1.82, 2.24) is 9.78 Å².